The van der Waals surface area contributed by atoms with E-state index in [9.17, 15) is 18.0 Å². The summed E-state index contributed by atoms with van der Waals surface area (Å²) in [5.74, 6) is -1.15. The van der Waals surface area contributed by atoms with E-state index < -0.39 is 28.5 Å². The first-order chi connectivity index (χ1) is 15.8. The predicted molar refractivity (Wildman–Crippen MR) is 127 cm³/mol. The van der Waals surface area contributed by atoms with E-state index in [4.69, 9.17) is 4.74 Å². The number of rotatable bonds is 9. The monoisotopic (exact) mass is 466 g/mol. The number of amides is 1. The van der Waals surface area contributed by atoms with Crippen LogP contribution >= 0.6 is 0 Å². The van der Waals surface area contributed by atoms with Gasteiger partial charge >= 0.3 is 5.97 Å². The van der Waals surface area contributed by atoms with E-state index in [1.165, 1.54) is 37.9 Å². The number of hydrogen-bond acceptors (Lipinski definition) is 5. The summed E-state index contributed by atoms with van der Waals surface area (Å²) in [6.45, 7) is -0.490. The number of carbonyl (C=O) groups excluding carboxylic acids is 2. The number of nitrogens with zero attached hydrogens (tertiary/aromatic N) is 1. The summed E-state index contributed by atoms with van der Waals surface area (Å²) in [7, 11) is -0.774. The number of hydrogen-bond donors (Lipinski definition) is 1. The molecule has 0 saturated heterocycles. The van der Waals surface area contributed by atoms with Gasteiger partial charge in [0.2, 0.25) is 10.0 Å². The van der Waals surface area contributed by atoms with Gasteiger partial charge in [0, 0.05) is 19.8 Å². The van der Waals surface area contributed by atoms with Crippen LogP contribution in [0, 0.1) is 0 Å². The van der Waals surface area contributed by atoms with Crippen molar-refractivity contribution in [2.24, 2.45) is 0 Å². The Morgan fingerprint density at radius 3 is 2.30 bits per heavy atom. The first kappa shape index (κ1) is 24.2. The van der Waals surface area contributed by atoms with E-state index in [1.807, 2.05) is 42.5 Å². The van der Waals surface area contributed by atoms with E-state index >= 15 is 0 Å². The maximum atomic E-state index is 12.6. The Labute approximate surface area is 194 Å². The van der Waals surface area contributed by atoms with Crippen LogP contribution in [0.3, 0.4) is 0 Å². The number of benzene rings is 3. The minimum atomic E-state index is -3.63. The minimum absolute atomic E-state index is 0.0506. The van der Waals surface area contributed by atoms with Gasteiger partial charge in [-0.15, -0.1) is 0 Å². The van der Waals surface area contributed by atoms with Crippen LogP contribution < -0.4 is 5.32 Å². The lowest BCUT2D eigenvalue weighted by Gasteiger charge is -2.13. The lowest BCUT2D eigenvalue weighted by molar-refractivity contribution is -0.119. The Hall–Kier alpha value is -3.49. The van der Waals surface area contributed by atoms with Crippen LogP contribution in [0.4, 0.5) is 5.69 Å². The first-order valence-corrected chi connectivity index (χ1v) is 11.8. The van der Waals surface area contributed by atoms with Gasteiger partial charge in [-0.2, -0.15) is 0 Å². The van der Waals surface area contributed by atoms with E-state index in [1.54, 1.807) is 18.2 Å². The quantitative estimate of drug-likeness (QED) is 0.487. The molecule has 3 aromatic rings. The second-order valence-corrected chi connectivity index (χ2v) is 9.73. The highest BCUT2D eigenvalue weighted by atomic mass is 32.2. The van der Waals surface area contributed by atoms with Gasteiger partial charge in [0.05, 0.1) is 10.5 Å². The molecule has 0 unspecified atom stereocenters. The average Bonchev–Trinajstić information content (AvgIpc) is 2.82. The molecule has 0 bridgehead atoms. The lowest BCUT2D eigenvalue weighted by Crippen LogP contribution is -2.23. The van der Waals surface area contributed by atoms with E-state index in [2.05, 4.69) is 5.32 Å². The molecule has 0 radical (unpaired) electrons. The summed E-state index contributed by atoms with van der Waals surface area (Å²) < 4.78 is 30.8. The Bertz CT molecular complexity index is 1220. The molecule has 0 aliphatic rings. The summed E-state index contributed by atoms with van der Waals surface area (Å²) >= 11 is 0. The highest BCUT2D eigenvalue weighted by Gasteiger charge is 2.18. The van der Waals surface area contributed by atoms with Crippen molar-refractivity contribution < 1.29 is 22.7 Å². The number of aryl methyl sites for hydroxylation is 2. The average molecular weight is 467 g/mol. The molecule has 33 heavy (non-hydrogen) atoms. The van der Waals surface area contributed by atoms with Crippen molar-refractivity contribution in [1.82, 2.24) is 4.31 Å². The van der Waals surface area contributed by atoms with Crippen molar-refractivity contribution in [1.29, 1.82) is 0 Å². The molecule has 0 heterocycles. The molecule has 0 spiro atoms. The fourth-order valence-corrected chi connectivity index (χ4v) is 4.16. The zero-order valence-electron chi connectivity index (χ0n) is 18.5. The van der Waals surface area contributed by atoms with Crippen LogP contribution in [0.1, 0.15) is 21.5 Å². The molecular weight excluding hydrogens is 440 g/mol. The molecule has 3 aromatic carbocycles. The minimum Gasteiger partial charge on any atom is -0.452 e. The smallest absolute Gasteiger partial charge is 0.338 e. The van der Waals surface area contributed by atoms with E-state index in [0.717, 1.165) is 16.3 Å². The fraction of sp³-hybridized carbons (Fsp3) is 0.200. The van der Waals surface area contributed by atoms with E-state index in [-0.39, 0.29) is 4.90 Å². The molecule has 172 valence electrons. The molecule has 8 heteroatoms. The van der Waals surface area contributed by atoms with Crippen molar-refractivity contribution in [3.8, 4) is 0 Å². The van der Waals surface area contributed by atoms with Crippen LogP contribution in [-0.2, 0) is 32.4 Å². The summed E-state index contributed by atoms with van der Waals surface area (Å²) in [5, 5.41) is 2.56. The molecule has 0 saturated carbocycles. The third-order valence-corrected chi connectivity index (χ3v) is 6.80. The molecule has 0 aliphatic carbocycles. The first-order valence-electron chi connectivity index (χ1n) is 10.4. The Morgan fingerprint density at radius 2 is 1.58 bits per heavy atom. The van der Waals surface area contributed by atoms with Crippen molar-refractivity contribution in [3.05, 3.63) is 95.6 Å². The van der Waals surface area contributed by atoms with E-state index in [0.29, 0.717) is 17.7 Å². The van der Waals surface area contributed by atoms with Gasteiger partial charge in [0.15, 0.2) is 6.61 Å². The Balaban J connectivity index is 1.60. The van der Waals surface area contributed by atoms with Crippen LogP contribution in [-0.4, -0.2) is 45.3 Å². The van der Waals surface area contributed by atoms with Crippen molar-refractivity contribution in [2.45, 2.75) is 17.7 Å². The third kappa shape index (κ3) is 6.50. The van der Waals surface area contributed by atoms with Gasteiger partial charge in [-0.1, -0.05) is 54.6 Å². The van der Waals surface area contributed by atoms with Crippen molar-refractivity contribution in [3.63, 3.8) is 0 Å². The lowest BCUT2D eigenvalue weighted by atomic mass is 10.00. The molecule has 0 fully saturated rings. The molecule has 0 aromatic heterocycles. The second kappa shape index (κ2) is 10.9. The number of ether oxygens (including phenoxy) is 1. The number of esters is 1. The van der Waals surface area contributed by atoms with Crippen LogP contribution in [0.5, 0.6) is 0 Å². The number of sulfonamides is 1. The predicted octanol–water partition coefficient (Wildman–Crippen LogP) is 3.52. The summed E-state index contributed by atoms with van der Waals surface area (Å²) in [5.41, 5.74) is 2.72. The fourth-order valence-electron chi connectivity index (χ4n) is 3.21. The Kier molecular flexibility index (Phi) is 7.97. The molecule has 1 N–H and O–H groups in total. The van der Waals surface area contributed by atoms with Gasteiger partial charge in [0.1, 0.15) is 0 Å². The second-order valence-electron chi connectivity index (χ2n) is 7.58. The topological polar surface area (TPSA) is 92.8 Å². The highest BCUT2D eigenvalue weighted by molar-refractivity contribution is 7.89. The van der Waals surface area contributed by atoms with Crippen LogP contribution in [0.2, 0.25) is 0 Å². The van der Waals surface area contributed by atoms with Crippen LogP contribution in [0.25, 0.3) is 0 Å². The van der Waals surface area contributed by atoms with Crippen LogP contribution in [0.15, 0.2) is 83.8 Å². The zero-order chi connectivity index (χ0) is 23.8. The third-order valence-electron chi connectivity index (χ3n) is 4.99. The normalized spacial score (nSPS) is 11.2. The van der Waals surface area contributed by atoms with Crippen molar-refractivity contribution in [2.75, 3.05) is 26.0 Å². The SMILES string of the molecule is CN(C)S(=O)(=O)c1cccc(NC(=O)COC(=O)c2ccccc2CCc2ccccc2)c1. The zero-order valence-corrected chi connectivity index (χ0v) is 19.3. The molecule has 1 amide bonds. The standard InChI is InChI=1S/C25H26N2O5S/c1-27(2)33(30,31)22-13-8-12-21(17-22)26-24(28)18-32-25(29)23-14-7-6-11-20(23)16-15-19-9-4-3-5-10-19/h3-14,17H,15-16,18H2,1-2H3,(H,26,28). The van der Waals surface area contributed by atoms with Crippen molar-refractivity contribution >= 4 is 27.6 Å². The molecular formula is C25H26N2O5S. The summed E-state index contributed by atoms with van der Waals surface area (Å²) in [4.78, 5) is 24.9. The van der Waals surface area contributed by atoms with Gasteiger partial charge in [0.25, 0.3) is 5.91 Å². The highest BCUT2D eigenvalue weighted by Crippen LogP contribution is 2.18. The largest absolute Gasteiger partial charge is 0.452 e. The Morgan fingerprint density at radius 1 is 0.879 bits per heavy atom. The van der Waals surface area contributed by atoms with Gasteiger partial charge in [-0.3, -0.25) is 4.79 Å². The molecule has 7 nitrogen and oxygen atoms in total. The maximum Gasteiger partial charge on any atom is 0.338 e. The molecule has 0 atom stereocenters. The number of anilines is 1. The summed E-state index contributed by atoms with van der Waals surface area (Å²) in [6, 6.07) is 23.0. The summed E-state index contributed by atoms with van der Waals surface area (Å²) in [6.07, 6.45) is 1.44. The maximum absolute atomic E-state index is 12.6. The number of carbonyl (C=O) groups is 2. The molecule has 3 rings (SSSR count). The molecule has 0 aliphatic heterocycles. The van der Waals surface area contributed by atoms with Gasteiger partial charge in [-0.05, 0) is 48.2 Å². The van der Waals surface area contributed by atoms with Gasteiger partial charge in [-0.25, -0.2) is 17.5 Å². The number of nitrogens with one attached hydrogen (secondary N) is 1. The van der Waals surface area contributed by atoms with Gasteiger partial charge < -0.3 is 10.1 Å².